The zero-order chi connectivity index (χ0) is 21.5. The molecule has 1 atom stereocenters. The molecule has 0 radical (unpaired) electrons. The molecule has 0 spiro atoms. The second-order valence-electron chi connectivity index (χ2n) is 6.84. The monoisotopic (exact) mass is 424 g/mol. The van der Waals surface area contributed by atoms with E-state index in [1.807, 2.05) is 49.4 Å². The lowest BCUT2D eigenvalue weighted by molar-refractivity contribution is -0.119. The van der Waals surface area contributed by atoms with E-state index in [0.717, 1.165) is 11.3 Å². The highest BCUT2D eigenvalue weighted by molar-refractivity contribution is 8.00. The molecule has 0 fully saturated rings. The van der Waals surface area contributed by atoms with E-state index in [4.69, 9.17) is 0 Å². The van der Waals surface area contributed by atoms with Crippen LogP contribution in [0.3, 0.4) is 0 Å². The summed E-state index contributed by atoms with van der Waals surface area (Å²) >= 11 is 1.37. The Morgan fingerprint density at radius 2 is 1.90 bits per heavy atom. The Labute approximate surface area is 179 Å². The lowest BCUT2D eigenvalue weighted by Crippen LogP contribution is -2.35. The van der Waals surface area contributed by atoms with Gasteiger partial charge in [0.05, 0.1) is 17.4 Å². The summed E-state index contributed by atoms with van der Waals surface area (Å²) in [5.41, 5.74) is 1.37. The number of hydrogen-bond acceptors (Lipinski definition) is 5. The predicted molar refractivity (Wildman–Crippen MR) is 119 cm³/mol. The summed E-state index contributed by atoms with van der Waals surface area (Å²) in [6.45, 7) is 3.74. The molecule has 3 amide bonds. The molecule has 0 bridgehead atoms. The van der Waals surface area contributed by atoms with E-state index in [9.17, 15) is 14.4 Å². The molecule has 156 valence electrons. The quantitative estimate of drug-likeness (QED) is 0.662. The molecule has 30 heavy (non-hydrogen) atoms. The fourth-order valence-corrected chi connectivity index (χ4v) is 3.80. The van der Waals surface area contributed by atoms with Crippen molar-refractivity contribution in [2.75, 3.05) is 10.3 Å². The molecule has 0 saturated carbocycles. The third-order valence-corrected chi connectivity index (χ3v) is 5.41. The maximum Gasteiger partial charge on any atom is 0.255 e. The number of nitrogens with zero attached hydrogens (tertiary/aromatic N) is 2. The third-order valence-electron chi connectivity index (χ3n) is 4.32. The van der Waals surface area contributed by atoms with Gasteiger partial charge in [-0.2, -0.15) is 10.1 Å². The molecule has 0 aliphatic carbocycles. The molecule has 2 aromatic carbocycles. The van der Waals surface area contributed by atoms with Gasteiger partial charge in [-0.3, -0.25) is 14.4 Å². The van der Waals surface area contributed by atoms with Crippen LogP contribution in [0.25, 0.3) is 0 Å². The molecule has 1 aliphatic rings. The van der Waals surface area contributed by atoms with E-state index in [1.54, 1.807) is 19.1 Å². The zero-order valence-electron chi connectivity index (χ0n) is 16.9. The van der Waals surface area contributed by atoms with Gasteiger partial charge in [0.25, 0.3) is 5.91 Å². The average molecular weight is 425 g/mol. The molecular weight excluding hydrogens is 400 g/mol. The van der Waals surface area contributed by atoms with E-state index in [-0.39, 0.29) is 24.1 Å². The number of rotatable bonds is 7. The minimum atomic E-state index is -0.407. The van der Waals surface area contributed by atoms with Crippen molar-refractivity contribution in [1.82, 2.24) is 5.32 Å². The van der Waals surface area contributed by atoms with Crippen LogP contribution < -0.4 is 15.6 Å². The first-order valence-electron chi connectivity index (χ1n) is 9.79. The van der Waals surface area contributed by atoms with Gasteiger partial charge in [0.1, 0.15) is 5.84 Å². The van der Waals surface area contributed by atoms with E-state index in [2.05, 4.69) is 15.7 Å². The van der Waals surface area contributed by atoms with Gasteiger partial charge >= 0.3 is 0 Å². The predicted octanol–water partition coefficient (Wildman–Crippen LogP) is 3.77. The van der Waals surface area contributed by atoms with Crippen molar-refractivity contribution in [2.24, 2.45) is 5.10 Å². The number of nitrogens with one attached hydrogen (secondary N) is 2. The van der Waals surface area contributed by atoms with Crippen LogP contribution in [0.1, 0.15) is 33.1 Å². The van der Waals surface area contributed by atoms with Gasteiger partial charge in [0, 0.05) is 17.0 Å². The van der Waals surface area contributed by atoms with E-state index in [1.165, 1.54) is 16.8 Å². The van der Waals surface area contributed by atoms with Gasteiger partial charge in [-0.05, 0) is 43.7 Å². The molecule has 0 saturated heterocycles. The van der Waals surface area contributed by atoms with Gasteiger partial charge in [0.2, 0.25) is 11.8 Å². The summed E-state index contributed by atoms with van der Waals surface area (Å²) < 4.78 is 0. The summed E-state index contributed by atoms with van der Waals surface area (Å²) in [6, 6.07) is 16.5. The normalized spacial score (nSPS) is 14.3. The lowest BCUT2D eigenvalue weighted by atomic mass is 10.3. The summed E-state index contributed by atoms with van der Waals surface area (Å²) in [5.74, 6) is -0.117. The summed E-state index contributed by atoms with van der Waals surface area (Å²) in [4.78, 5) is 37.4. The Morgan fingerprint density at radius 3 is 2.63 bits per heavy atom. The van der Waals surface area contributed by atoms with Crippen molar-refractivity contribution in [3.8, 4) is 0 Å². The van der Waals surface area contributed by atoms with Crippen LogP contribution in [0.4, 0.5) is 11.4 Å². The Morgan fingerprint density at radius 1 is 1.13 bits per heavy atom. The number of amides is 3. The number of thioether (sulfide) groups is 1. The standard InChI is InChI=1S/C22H24N4O3S/c1-3-8-20(27)23-16-9-7-12-18(13-16)30-15(2)22(29)24-19-14-21(28)26(25-19)17-10-5-4-6-11-17/h4-7,9-13,15H,3,8,14H2,1-2H3,(H,23,27)(H,24,25,29). The molecule has 1 unspecified atom stereocenters. The molecule has 2 N–H and O–H groups in total. The third kappa shape index (κ3) is 5.70. The molecule has 1 aliphatic heterocycles. The number of hydrazone groups is 1. The number of benzene rings is 2. The maximum atomic E-state index is 12.6. The number of carbonyl (C=O) groups is 3. The van der Waals surface area contributed by atoms with Crippen molar-refractivity contribution in [3.05, 3.63) is 54.6 Å². The summed E-state index contributed by atoms with van der Waals surface area (Å²) in [6.07, 6.45) is 1.31. The highest BCUT2D eigenvalue weighted by Crippen LogP contribution is 2.26. The molecule has 7 nitrogen and oxygen atoms in total. The first-order valence-corrected chi connectivity index (χ1v) is 10.7. The molecule has 3 rings (SSSR count). The summed E-state index contributed by atoms with van der Waals surface area (Å²) in [7, 11) is 0. The van der Waals surface area contributed by atoms with Gasteiger partial charge in [-0.1, -0.05) is 31.2 Å². The van der Waals surface area contributed by atoms with Crippen molar-refractivity contribution in [1.29, 1.82) is 0 Å². The molecule has 0 aromatic heterocycles. The fraction of sp³-hybridized carbons (Fsp3) is 0.273. The molecular formula is C22H24N4O3S. The number of carbonyl (C=O) groups excluding carboxylic acids is 3. The fourth-order valence-electron chi connectivity index (χ4n) is 2.87. The Balaban J connectivity index is 1.59. The number of hydrogen-bond donors (Lipinski definition) is 2. The number of amidine groups is 1. The summed E-state index contributed by atoms with van der Waals surface area (Å²) in [5, 5.41) is 10.7. The Hall–Kier alpha value is -3.13. The second-order valence-corrected chi connectivity index (χ2v) is 8.25. The first-order chi connectivity index (χ1) is 14.5. The van der Waals surface area contributed by atoms with Crippen LogP contribution in [0.15, 0.2) is 64.6 Å². The van der Waals surface area contributed by atoms with Gasteiger partial charge in [0.15, 0.2) is 0 Å². The number of anilines is 2. The number of para-hydroxylation sites is 1. The highest BCUT2D eigenvalue weighted by atomic mass is 32.2. The Kier molecular flexibility index (Phi) is 7.24. The minimum absolute atomic E-state index is 0.0303. The SMILES string of the molecule is CCCC(=O)Nc1cccc(SC(C)C(=O)NC2=NN(c3ccccc3)C(=O)C2)c1. The van der Waals surface area contributed by atoms with Gasteiger partial charge in [-0.25, -0.2) is 0 Å². The smallest absolute Gasteiger partial charge is 0.255 e. The van der Waals surface area contributed by atoms with Crippen molar-refractivity contribution >= 4 is 46.7 Å². The lowest BCUT2D eigenvalue weighted by Gasteiger charge is -2.12. The second kappa shape index (κ2) is 10.1. The van der Waals surface area contributed by atoms with Crippen LogP contribution in [-0.2, 0) is 14.4 Å². The van der Waals surface area contributed by atoms with Crippen molar-refractivity contribution in [3.63, 3.8) is 0 Å². The van der Waals surface area contributed by atoms with E-state index in [0.29, 0.717) is 23.6 Å². The molecule has 2 aromatic rings. The van der Waals surface area contributed by atoms with E-state index < -0.39 is 5.25 Å². The van der Waals surface area contributed by atoms with Gasteiger partial charge < -0.3 is 10.6 Å². The van der Waals surface area contributed by atoms with Crippen LogP contribution in [-0.4, -0.2) is 28.8 Å². The minimum Gasteiger partial charge on any atom is -0.326 e. The van der Waals surface area contributed by atoms with Crippen LogP contribution in [0, 0.1) is 0 Å². The Bertz CT molecular complexity index is 962. The topological polar surface area (TPSA) is 90.9 Å². The van der Waals surface area contributed by atoms with Gasteiger partial charge in [-0.15, -0.1) is 11.8 Å². The highest BCUT2D eigenvalue weighted by Gasteiger charge is 2.27. The van der Waals surface area contributed by atoms with Crippen LogP contribution in [0.5, 0.6) is 0 Å². The average Bonchev–Trinajstić information content (AvgIpc) is 3.09. The molecule has 8 heteroatoms. The van der Waals surface area contributed by atoms with Crippen LogP contribution in [0.2, 0.25) is 0 Å². The largest absolute Gasteiger partial charge is 0.326 e. The first kappa shape index (κ1) is 21.6. The maximum absolute atomic E-state index is 12.6. The van der Waals surface area contributed by atoms with E-state index >= 15 is 0 Å². The van der Waals surface area contributed by atoms with Crippen molar-refractivity contribution < 1.29 is 14.4 Å². The zero-order valence-corrected chi connectivity index (χ0v) is 17.7. The van der Waals surface area contributed by atoms with Crippen LogP contribution >= 0.6 is 11.8 Å². The van der Waals surface area contributed by atoms with Crippen molar-refractivity contribution in [2.45, 2.75) is 43.3 Å². The molecule has 1 heterocycles.